The average Bonchev–Trinajstić information content (AvgIpc) is 2.90. The quantitative estimate of drug-likeness (QED) is 0.302. The van der Waals surface area contributed by atoms with Gasteiger partial charge in [0.05, 0.1) is 26.0 Å². The topological polar surface area (TPSA) is 135 Å². The van der Waals surface area contributed by atoms with Gasteiger partial charge < -0.3 is 30.9 Å². The SMILES string of the molecule is COc1ccccc1CNc1ncc(C#N)c(NCC2C[C@H]3CCC[C@@H](C2)[C@@H]3NCC[C@@H](O)CO)n1. The maximum Gasteiger partial charge on any atom is 0.224 e. The van der Waals surface area contributed by atoms with Crippen molar-refractivity contribution in [2.45, 2.75) is 57.2 Å². The lowest BCUT2D eigenvalue weighted by atomic mass is 9.64. The maximum atomic E-state index is 9.65. The van der Waals surface area contributed by atoms with Crippen molar-refractivity contribution < 1.29 is 14.9 Å². The van der Waals surface area contributed by atoms with Gasteiger partial charge in [-0.3, -0.25) is 0 Å². The van der Waals surface area contributed by atoms with Gasteiger partial charge in [-0.05, 0) is 62.5 Å². The summed E-state index contributed by atoms with van der Waals surface area (Å²) in [5.74, 6) is 3.60. The van der Waals surface area contributed by atoms with Crippen LogP contribution in [0, 0.1) is 29.1 Å². The molecule has 0 spiro atoms. The van der Waals surface area contributed by atoms with Crippen molar-refractivity contribution >= 4 is 11.8 Å². The Morgan fingerprint density at radius 2 is 1.97 bits per heavy atom. The molecule has 9 heteroatoms. The zero-order valence-corrected chi connectivity index (χ0v) is 21.0. The minimum atomic E-state index is -0.644. The van der Waals surface area contributed by atoms with Gasteiger partial charge in [0.15, 0.2) is 0 Å². The van der Waals surface area contributed by atoms with Crippen molar-refractivity contribution in [1.82, 2.24) is 15.3 Å². The van der Waals surface area contributed by atoms with E-state index in [1.807, 2.05) is 24.3 Å². The van der Waals surface area contributed by atoms with E-state index in [2.05, 4.69) is 32.0 Å². The van der Waals surface area contributed by atoms with Crippen molar-refractivity contribution in [3.63, 3.8) is 0 Å². The Balaban J connectivity index is 1.33. The number of aromatic nitrogens is 2. The van der Waals surface area contributed by atoms with Crippen LogP contribution in [0.25, 0.3) is 0 Å². The number of hydrogen-bond acceptors (Lipinski definition) is 9. The number of nitrogens with one attached hydrogen (secondary N) is 3. The lowest BCUT2D eigenvalue weighted by molar-refractivity contribution is 0.0695. The average molecular weight is 495 g/mol. The molecular weight excluding hydrogens is 456 g/mol. The molecule has 194 valence electrons. The predicted molar refractivity (Wildman–Crippen MR) is 139 cm³/mol. The third-order valence-corrected chi connectivity index (χ3v) is 7.60. The molecule has 1 aromatic heterocycles. The second-order valence-corrected chi connectivity index (χ2v) is 10.0. The summed E-state index contributed by atoms with van der Waals surface area (Å²) in [6.45, 7) is 1.85. The molecule has 36 heavy (non-hydrogen) atoms. The van der Waals surface area contributed by atoms with Gasteiger partial charge in [0.25, 0.3) is 0 Å². The molecule has 5 atom stereocenters. The van der Waals surface area contributed by atoms with E-state index in [9.17, 15) is 10.4 Å². The van der Waals surface area contributed by atoms with Gasteiger partial charge in [-0.15, -0.1) is 0 Å². The van der Waals surface area contributed by atoms with Gasteiger partial charge in [-0.1, -0.05) is 24.6 Å². The maximum absolute atomic E-state index is 9.65. The number of aliphatic hydroxyl groups excluding tert-OH is 2. The summed E-state index contributed by atoms with van der Waals surface area (Å²) in [7, 11) is 1.65. The standard InChI is InChI=1S/C27H38N6O3/c1-36-24-8-3-2-5-21(24)15-31-27-32-16-22(13-28)26(33-27)30-14-18-11-19-6-4-7-20(12-18)25(19)29-10-9-23(35)17-34/h2-3,5,8,16,18-20,23,25,29,34-35H,4,6-7,9-12,14-15,17H2,1H3,(H2,30,31,32,33)/t18?,19-,20+,23-,25-/m1/s1. The predicted octanol–water partition coefficient (Wildman–Crippen LogP) is 2.91. The van der Waals surface area contributed by atoms with Gasteiger partial charge in [0.2, 0.25) is 5.95 Å². The van der Waals surface area contributed by atoms with E-state index >= 15 is 0 Å². The van der Waals surface area contributed by atoms with Crippen LogP contribution in [0.2, 0.25) is 0 Å². The van der Waals surface area contributed by atoms with Crippen molar-refractivity contribution in [3.8, 4) is 11.8 Å². The van der Waals surface area contributed by atoms with Crippen LogP contribution in [0.3, 0.4) is 0 Å². The minimum absolute atomic E-state index is 0.182. The molecule has 0 radical (unpaired) electrons. The fourth-order valence-electron chi connectivity index (χ4n) is 5.82. The monoisotopic (exact) mass is 494 g/mol. The fourth-order valence-corrected chi connectivity index (χ4v) is 5.82. The number of anilines is 2. The molecule has 0 amide bonds. The van der Waals surface area contributed by atoms with Crippen molar-refractivity contribution in [3.05, 3.63) is 41.6 Å². The summed E-state index contributed by atoms with van der Waals surface area (Å²) < 4.78 is 5.41. The van der Waals surface area contributed by atoms with Crippen LogP contribution in [-0.4, -0.2) is 59.1 Å². The molecule has 2 aliphatic carbocycles. The Morgan fingerprint density at radius 1 is 1.19 bits per heavy atom. The summed E-state index contributed by atoms with van der Waals surface area (Å²) in [6.07, 6.45) is 7.49. The molecule has 2 aromatic rings. The Bertz CT molecular complexity index is 1010. The third-order valence-electron chi connectivity index (χ3n) is 7.60. The van der Waals surface area contributed by atoms with Gasteiger partial charge >= 0.3 is 0 Å². The number of methoxy groups -OCH3 is 1. The highest BCUT2D eigenvalue weighted by molar-refractivity contribution is 5.53. The number of hydrogen-bond donors (Lipinski definition) is 5. The lowest BCUT2D eigenvalue weighted by Crippen LogP contribution is -2.50. The van der Waals surface area contributed by atoms with Crippen molar-refractivity contribution in [2.75, 3.05) is 37.4 Å². The summed E-state index contributed by atoms with van der Waals surface area (Å²) in [5, 5.41) is 38.6. The Morgan fingerprint density at radius 3 is 2.69 bits per heavy atom. The van der Waals surface area contributed by atoms with Crippen molar-refractivity contribution in [2.24, 2.45) is 17.8 Å². The first kappa shape index (κ1) is 26.1. The van der Waals surface area contributed by atoms with Crippen LogP contribution in [0.1, 0.15) is 49.7 Å². The summed E-state index contributed by atoms with van der Waals surface area (Å²) in [5.41, 5.74) is 1.45. The highest BCUT2D eigenvalue weighted by Gasteiger charge is 2.39. The van der Waals surface area contributed by atoms with Crippen LogP contribution < -0.4 is 20.7 Å². The van der Waals surface area contributed by atoms with E-state index in [1.165, 1.54) is 19.3 Å². The highest BCUT2D eigenvalue weighted by Crippen LogP contribution is 2.43. The largest absolute Gasteiger partial charge is 0.496 e. The molecule has 2 fully saturated rings. The third kappa shape index (κ3) is 6.64. The summed E-state index contributed by atoms with van der Waals surface area (Å²) in [6, 6.07) is 10.5. The first-order valence-electron chi connectivity index (χ1n) is 13.0. The molecule has 2 saturated carbocycles. The number of para-hydroxylation sites is 1. The molecule has 5 N–H and O–H groups in total. The molecular formula is C27H38N6O3. The Kier molecular flexibility index (Phi) is 9.34. The zero-order valence-electron chi connectivity index (χ0n) is 21.0. The van der Waals surface area contributed by atoms with Crippen LogP contribution >= 0.6 is 0 Å². The van der Waals surface area contributed by atoms with Gasteiger partial charge in [-0.2, -0.15) is 10.2 Å². The fraction of sp³-hybridized carbons (Fsp3) is 0.593. The molecule has 1 aromatic carbocycles. The first-order valence-corrected chi connectivity index (χ1v) is 13.0. The normalized spacial score (nSPS) is 23.9. The number of rotatable bonds is 12. The number of nitrogens with zero attached hydrogens (tertiary/aromatic N) is 3. The van der Waals surface area contributed by atoms with Crippen LogP contribution in [0.4, 0.5) is 11.8 Å². The molecule has 0 aliphatic heterocycles. The second kappa shape index (κ2) is 12.9. The van der Waals surface area contributed by atoms with E-state index < -0.39 is 6.10 Å². The van der Waals surface area contributed by atoms with Gasteiger partial charge in [0.1, 0.15) is 23.2 Å². The molecule has 1 unspecified atom stereocenters. The second-order valence-electron chi connectivity index (χ2n) is 10.0. The molecule has 2 aliphatic rings. The van der Waals surface area contributed by atoms with E-state index in [1.54, 1.807) is 13.3 Å². The summed E-state index contributed by atoms with van der Waals surface area (Å²) >= 11 is 0. The number of benzene rings is 1. The van der Waals surface area contributed by atoms with E-state index in [0.717, 1.165) is 37.2 Å². The number of fused-ring (bicyclic) bond motifs is 2. The molecule has 9 nitrogen and oxygen atoms in total. The van der Waals surface area contributed by atoms with Crippen molar-refractivity contribution in [1.29, 1.82) is 5.26 Å². The molecule has 0 saturated heterocycles. The smallest absolute Gasteiger partial charge is 0.224 e. The van der Waals surface area contributed by atoms with Gasteiger partial charge in [-0.25, -0.2) is 4.98 Å². The Labute approximate surface area is 213 Å². The molecule has 2 bridgehead atoms. The Hall–Kier alpha value is -2.93. The van der Waals surface area contributed by atoms with E-state index in [0.29, 0.717) is 54.1 Å². The van der Waals surface area contributed by atoms with E-state index in [4.69, 9.17) is 9.84 Å². The highest BCUT2D eigenvalue weighted by atomic mass is 16.5. The number of ether oxygens (including phenoxy) is 1. The van der Waals surface area contributed by atoms with Crippen LogP contribution in [0.5, 0.6) is 5.75 Å². The molecule has 1 heterocycles. The lowest BCUT2D eigenvalue weighted by Gasteiger charge is -2.46. The number of nitriles is 1. The minimum Gasteiger partial charge on any atom is -0.496 e. The van der Waals surface area contributed by atoms with Gasteiger partial charge in [0, 0.05) is 24.7 Å². The van der Waals surface area contributed by atoms with Crippen LogP contribution in [-0.2, 0) is 6.54 Å². The molecule has 4 rings (SSSR count). The first-order chi connectivity index (χ1) is 17.6. The zero-order chi connectivity index (χ0) is 25.3. The number of aliphatic hydroxyl groups is 2. The van der Waals surface area contributed by atoms with Crippen LogP contribution in [0.15, 0.2) is 30.5 Å². The van der Waals surface area contributed by atoms with E-state index in [-0.39, 0.29) is 6.61 Å². The summed E-state index contributed by atoms with van der Waals surface area (Å²) in [4.78, 5) is 8.91.